The van der Waals surface area contributed by atoms with Crippen LogP contribution in [0.3, 0.4) is 0 Å². The summed E-state index contributed by atoms with van der Waals surface area (Å²) in [5.74, 6) is 0.552. The van der Waals surface area contributed by atoms with Gasteiger partial charge in [-0.15, -0.1) is 10.2 Å². The van der Waals surface area contributed by atoms with E-state index < -0.39 is 5.82 Å². The van der Waals surface area contributed by atoms with E-state index in [0.29, 0.717) is 24.9 Å². The van der Waals surface area contributed by atoms with Crippen molar-refractivity contribution in [3.05, 3.63) is 41.6 Å². The summed E-state index contributed by atoms with van der Waals surface area (Å²) in [5, 5.41) is 8.15. The molecule has 0 aromatic carbocycles. The van der Waals surface area contributed by atoms with Crippen LogP contribution in [0.2, 0.25) is 0 Å². The molecule has 2 atom stereocenters. The van der Waals surface area contributed by atoms with Crippen molar-refractivity contribution in [2.24, 2.45) is 5.92 Å². The van der Waals surface area contributed by atoms with Gasteiger partial charge in [-0.2, -0.15) is 0 Å². The maximum atomic E-state index is 13.9. The van der Waals surface area contributed by atoms with Crippen molar-refractivity contribution in [1.82, 2.24) is 20.1 Å². The Kier molecular flexibility index (Phi) is 3.18. The molecule has 2 aliphatic rings. The highest BCUT2D eigenvalue weighted by Crippen LogP contribution is 2.50. The normalized spacial score (nSPS) is 26.5. The Morgan fingerprint density at radius 1 is 1.48 bits per heavy atom. The van der Waals surface area contributed by atoms with Crippen LogP contribution < -0.4 is 0 Å². The van der Waals surface area contributed by atoms with Gasteiger partial charge in [0.2, 0.25) is 11.8 Å². The van der Waals surface area contributed by atoms with Gasteiger partial charge in [-0.05, 0) is 24.8 Å². The zero-order chi connectivity index (χ0) is 16.0. The second kappa shape index (κ2) is 5.11. The molecule has 1 amide bonds. The lowest BCUT2D eigenvalue weighted by atomic mass is 9.80. The van der Waals surface area contributed by atoms with Crippen LogP contribution in [-0.4, -0.2) is 39.1 Å². The van der Waals surface area contributed by atoms with Crippen molar-refractivity contribution in [2.75, 3.05) is 13.1 Å². The van der Waals surface area contributed by atoms with Crippen LogP contribution in [0.1, 0.15) is 41.4 Å². The predicted octanol–water partition coefficient (Wildman–Crippen LogP) is 2.11. The third-order valence-electron chi connectivity index (χ3n) is 5.11. The summed E-state index contributed by atoms with van der Waals surface area (Å²) < 4.78 is 19.5. The van der Waals surface area contributed by atoms with E-state index in [0.717, 1.165) is 25.5 Å². The molecule has 0 unspecified atom stereocenters. The third-order valence-corrected chi connectivity index (χ3v) is 5.11. The summed E-state index contributed by atoms with van der Waals surface area (Å²) in [7, 11) is 0. The number of aromatic nitrogens is 3. The Labute approximate surface area is 132 Å². The van der Waals surface area contributed by atoms with Crippen LogP contribution in [-0.2, 0) is 5.41 Å². The first kappa shape index (κ1) is 14.3. The van der Waals surface area contributed by atoms with Gasteiger partial charge >= 0.3 is 0 Å². The van der Waals surface area contributed by atoms with Crippen molar-refractivity contribution < 1.29 is 13.6 Å². The minimum atomic E-state index is -0.586. The number of carbonyl (C=O) groups excluding carboxylic acids is 1. The molecule has 7 heteroatoms. The van der Waals surface area contributed by atoms with Crippen LogP contribution in [0.25, 0.3) is 0 Å². The fourth-order valence-corrected chi connectivity index (χ4v) is 4.01. The zero-order valence-electron chi connectivity index (χ0n) is 12.8. The molecule has 1 saturated carbocycles. The SMILES string of the molecule is Cc1nnc([C@]23CCC[C@H]2CN(C(=O)c2ccncc2F)C3)o1. The van der Waals surface area contributed by atoms with Gasteiger partial charge in [0.1, 0.15) is 0 Å². The topological polar surface area (TPSA) is 72.1 Å². The monoisotopic (exact) mass is 316 g/mol. The first-order valence-corrected chi connectivity index (χ1v) is 7.79. The minimum Gasteiger partial charge on any atom is -0.425 e. The number of rotatable bonds is 2. The van der Waals surface area contributed by atoms with Gasteiger partial charge in [0.25, 0.3) is 5.91 Å². The largest absolute Gasteiger partial charge is 0.425 e. The number of halogens is 1. The molecule has 0 radical (unpaired) electrons. The maximum absolute atomic E-state index is 13.9. The molecular weight excluding hydrogens is 299 g/mol. The lowest BCUT2D eigenvalue weighted by Gasteiger charge is -2.24. The molecular formula is C16H17FN4O2. The van der Waals surface area contributed by atoms with E-state index >= 15 is 0 Å². The lowest BCUT2D eigenvalue weighted by Crippen LogP contribution is -2.35. The summed E-state index contributed by atoms with van der Waals surface area (Å²) in [4.78, 5) is 18.1. The van der Waals surface area contributed by atoms with E-state index in [4.69, 9.17) is 4.42 Å². The molecule has 4 rings (SSSR count). The van der Waals surface area contributed by atoms with Gasteiger partial charge in [-0.3, -0.25) is 9.78 Å². The second-order valence-electron chi connectivity index (χ2n) is 6.41. The number of nitrogens with zero attached hydrogens (tertiary/aromatic N) is 4. The van der Waals surface area contributed by atoms with E-state index in [2.05, 4.69) is 15.2 Å². The zero-order valence-corrected chi connectivity index (χ0v) is 12.8. The number of amides is 1. The highest BCUT2D eigenvalue weighted by atomic mass is 19.1. The highest BCUT2D eigenvalue weighted by molar-refractivity contribution is 5.94. The molecule has 6 nitrogen and oxygen atoms in total. The number of aryl methyl sites for hydroxylation is 1. The number of hydrogen-bond donors (Lipinski definition) is 0. The molecule has 0 bridgehead atoms. The molecule has 1 aliphatic heterocycles. The molecule has 0 spiro atoms. The summed E-state index contributed by atoms with van der Waals surface area (Å²) in [6, 6.07) is 1.43. The van der Waals surface area contributed by atoms with Crippen LogP contribution in [0, 0.1) is 18.7 Å². The second-order valence-corrected chi connectivity index (χ2v) is 6.41. The van der Waals surface area contributed by atoms with Gasteiger partial charge in [-0.25, -0.2) is 4.39 Å². The van der Waals surface area contributed by atoms with Gasteiger partial charge in [0.05, 0.1) is 17.2 Å². The van der Waals surface area contributed by atoms with Crippen molar-refractivity contribution in [3.63, 3.8) is 0 Å². The number of likely N-dealkylation sites (tertiary alicyclic amines) is 1. The van der Waals surface area contributed by atoms with Crippen LogP contribution in [0.5, 0.6) is 0 Å². The number of fused-ring (bicyclic) bond motifs is 1. The van der Waals surface area contributed by atoms with Crippen molar-refractivity contribution in [2.45, 2.75) is 31.6 Å². The van der Waals surface area contributed by atoms with Crippen molar-refractivity contribution in [3.8, 4) is 0 Å². The third kappa shape index (κ3) is 2.14. The van der Waals surface area contributed by atoms with Gasteiger partial charge < -0.3 is 9.32 Å². The van der Waals surface area contributed by atoms with Crippen LogP contribution in [0.15, 0.2) is 22.9 Å². The van der Waals surface area contributed by atoms with E-state index in [9.17, 15) is 9.18 Å². The Hall–Kier alpha value is -2.31. The first-order chi connectivity index (χ1) is 11.1. The standard InChI is InChI=1S/C16H17FN4O2/c1-10-19-20-15(23-10)16-5-2-3-11(16)8-21(9-16)14(22)12-4-6-18-7-13(12)17/h4,6-7,11H,2-3,5,8-9H2,1H3/t11-,16-/m0/s1. The van der Waals surface area contributed by atoms with Crippen LogP contribution in [0.4, 0.5) is 4.39 Å². The maximum Gasteiger partial charge on any atom is 0.256 e. The molecule has 120 valence electrons. The average Bonchev–Trinajstić information content (AvgIpc) is 3.20. The van der Waals surface area contributed by atoms with E-state index in [1.54, 1.807) is 11.8 Å². The number of hydrogen-bond acceptors (Lipinski definition) is 5. The van der Waals surface area contributed by atoms with E-state index in [-0.39, 0.29) is 22.8 Å². The minimum absolute atomic E-state index is 0.0665. The molecule has 0 N–H and O–H groups in total. The molecule has 23 heavy (non-hydrogen) atoms. The van der Waals surface area contributed by atoms with Gasteiger partial charge in [0.15, 0.2) is 5.82 Å². The fourth-order valence-electron chi connectivity index (χ4n) is 4.01. The van der Waals surface area contributed by atoms with Gasteiger partial charge in [0, 0.05) is 26.2 Å². The predicted molar refractivity (Wildman–Crippen MR) is 78.2 cm³/mol. The fraction of sp³-hybridized carbons (Fsp3) is 0.500. The summed E-state index contributed by atoms with van der Waals surface area (Å²) >= 11 is 0. The Bertz CT molecular complexity index is 762. The summed E-state index contributed by atoms with van der Waals surface area (Å²) in [6.45, 7) is 2.86. The number of carbonyl (C=O) groups is 1. The smallest absolute Gasteiger partial charge is 0.256 e. The Balaban J connectivity index is 1.65. The summed E-state index contributed by atoms with van der Waals surface area (Å²) in [5.41, 5.74) is -0.211. The number of pyridine rings is 1. The molecule has 2 fully saturated rings. The molecule has 1 saturated heterocycles. The Morgan fingerprint density at radius 2 is 2.35 bits per heavy atom. The molecule has 2 aromatic rings. The van der Waals surface area contributed by atoms with E-state index in [1.165, 1.54) is 12.3 Å². The molecule has 2 aromatic heterocycles. The molecule has 1 aliphatic carbocycles. The Morgan fingerprint density at radius 3 is 3.09 bits per heavy atom. The van der Waals surface area contributed by atoms with Crippen LogP contribution >= 0.6 is 0 Å². The van der Waals surface area contributed by atoms with Crippen molar-refractivity contribution >= 4 is 5.91 Å². The van der Waals surface area contributed by atoms with Gasteiger partial charge in [-0.1, -0.05) is 6.42 Å². The van der Waals surface area contributed by atoms with E-state index in [1.807, 2.05) is 0 Å². The first-order valence-electron chi connectivity index (χ1n) is 7.79. The quantitative estimate of drug-likeness (QED) is 0.848. The lowest BCUT2D eigenvalue weighted by molar-refractivity contribution is 0.0771. The average molecular weight is 316 g/mol. The summed E-state index contributed by atoms with van der Waals surface area (Å²) in [6.07, 6.45) is 5.52. The highest BCUT2D eigenvalue weighted by Gasteiger charge is 2.55. The van der Waals surface area contributed by atoms with Crippen molar-refractivity contribution in [1.29, 1.82) is 0 Å². The molecule has 3 heterocycles.